The molecule has 2 N–H and O–H groups in total. The molecule has 0 spiro atoms. The highest BCUT2D eigenvalue weighted by Gasteiger charge is 2.25. The van der Waals surface area contributed by atoms with Gasteiger partial charge in [0.2, 0.25) is 5.91 Å². The molecule has 0 heterocycles. The van der Waals surface area contributed by atoms with Crippen LogP contribution in [0, 0.1) is 11.3 Å². The molecule has 1 atom stereocenters. The van der Waals surface area contributed by atoms with Crippen LogP contribution in [0.4, 0.5) is 4.79 Å². The van der Waals surface area contributed by atoms with E-state index in [-0.39, 0.29) is 31.7 Å². The van der Waals surface area contributed by atoms with Gasteiger partial charge in [0.05, 0.1) is 19.6 Å². The number of nitriles is 1. The Hall–Kier alpha value is -2.30. The first-order valence-electron chi connectivity index (χ1n) is 6.90. The maximum Gasteiger partial charge on any atom is 0.408 e. The molecule has 124 valence electrons. The summed E-state index contributed by atoms with van der Waals surface area (Å²) in [5.74, 6) is -0.967. The largest absolute Gasteiger partial charge is 0.467 e. The zero-order chi connectivity index (χ0) is 17.2. The number of ether oxygens (including phenoxy) is 2. The predicted octanol–water partition coefficient (Wildman–Crippen LogP) is 0.863. The van der Waals surface area contributed by atoms with E-state index in [1.807, 2.05) is 6.07 Å². The standard InChI is InChI=1S/C14H23N3O5/c1-14(2,3)22-13(20)17-10(12(19)21-4)6-7-11(18)16-9-5-8-15/h10H,5-7,9H2,1-4H3,(H,16,18)(H,17,20)/t10-/m0/s1. The molecule has 0 aliphatic rings. The summed E-state index contributed by atoms with van der Waals surface area (Å²) in [6.07, 6.45) is -0.457. The molecule has 8 heteroatoms. The van der Waals surface area contributed by atoms with Gasteiger partial charge in [0.1, 0.15) is 11.6 Å². The summed E-state index contributed by atoms with van der Waals surface area (Å²) in [6.45, 7) is 5.34. The van der Waals surface area contributed by atoms with E-state index in [2.05, 4.69) is 15.4 Å². The van der Waals surface area contributed by atoms with Crippen LogP contribution < -0.4 is 10.6 Å². The van der Waals surface area contributed by atoms with Gasteiger partial charge in [0, 0.05) is 13.0 Å². The molecule has 8 nitrogen and oxygen atoms in total. The second-order valence-electron chi connectivity index (χ2n) is 5.52. The third-order valence-corrected chi connectivity index (χ3v) is 2.40. The van der Waals surface area contributed by atoms with Gasteiger partial charge in [-0.2, -0.15) is 5.26 Å². The summed E-state index contributed by atoms with van der Waals surface area (Å²) >= 11 is 0. The molecule has 0 aromatic carbocycles. The van der Waals surface area contributed by atoms with Crippen molar-refractivity contribution >= 4 is 18.0 Å². The highest BCUT2D eigenvalue weighted by atomic mass is 16.6. The van der Waals surface area contributed by atoms with E-state index in [0.717, 1.165) is 0 Å². The summed E-state index contributed by atoms with van der Waals surface area (Å²) in [7, 11) is 1.19. The van der Waals surface area contributed by atoms with E-state index in [1.165, 1.54) is 7.11 Å². The van der Waals surface area contributed by atoms with Gasteiger partial charge in [0.15, 0.2) is 0 Å². The van der Waals surface area contributed by atoms with Crippen molar-refractivity contribution in [3.8, 4) is 6.07 Å². The van der Waals surface area contributed by atoms with Crippen LogP contribution in [0.3, 0.4) is 0 Å². The normalized spacial score (nSPS) is 11.8. The summed E-state index contributed by atoms with van der Waals surface area (Å²) in [5.41, 5.74) is -0.695. The third kappa shape index (κ3) is 9.58. The van der Waals surface area contributed by atoms with Crippen LogP contribution in [-0.4, -0.2) is 43.3 Å². The lowest BCUT2D eigenvalue weighted by Crippen LogP contribution is -2.44. The minimum atomic E-state index is -0.971. The van der Waals surface area contributed by atoms with Crippen molar-refractivity contribution in [1.29, 1.82) is 5.26 Å². The van der Waals surface area contributed by atoms with Crippen LogP contribution in [0.2, 0.25) is 0 Å². The first-order valence-corrected chi connectivity index (χ1v) is 6.90. The summed E-state index contributed by atoms with van der Waals surface area (Å²) in [5, 5.41) is 13.3. The number of nitrogens with zero attached hydrogens (tertiary/aromatic N) is 1. The molecule has 0 aromatic heterocycles. The molecule has 0 bridgehead atoms. The van der Waals surface area contributed by atoms with Gasteiger partial charge in [-0.05, 0) is 27.2 Å². The van der Waals surface area contributed by atoms with Crippen molar-refractivity contribution in [3.05, 3.63) is 0 Å². The smallest absolute Gasteiger partial charge is 0.408 e. The van der Waals surface area contributed by atoms with Gasteiger partial charge < -0.3 is 20.1 Å². The van der Waals surface area contributed by atoms with Crippen molar-refractivity contribution in [1.82, 2.24) is 10.6 Å². The molecule has 0 fully saturated rings. The van der Waals surface area contributed by atoms with E-state index in [0.29, 0.717) is 0 Å². The Labute approximate surface area is 130 Å². The van der Waals surface area contributed by atoms with Crippen molar-refractivity contribution in [2.75, 3.05) is 13.7 Å². The molecule has 0 rings (SSSR count). The van der Waals surface area contributed by atoms with Crippen molar-refractivity contribution < 1.29 is 23.9 Å². The lowest BCUT2D eigenvalue weighted by molar-refractivity contribution is -0.143. The highest BCUT2D eigenvalue weighted by Crippen LogP contribution is 2.08. The Bertz CT molecular complexity index is 437. The molecule has 0 saturated carbocycles. The Morgan fingerprint density at radius 1 is 1.27 bits per heavy atom. The Morgan fingerprint density at radius 3 is 2.41 bits per heavy atom. The third-order valence-electron chi connectivity index (χ3n) is 2.40. The number of hydrogen-bond donors (Lipinski definition) is 2. The van der Waals surface area contributed by atoms with Crippen molar-refractivity contribution in [2.24, 2.45) is 0 Å². The molecule has 22 heavy (non-hydrogen) atoms. The zero-order valence-electron chi connectivity index (χ0n) is 13.4. The molecule has 0 aliphatic carbocycles. The maximum atomic E-state index is 11.7. The summed E-state index contributed by atoms with van der Waals surface area (Å²) in [4.78, 5) is 34.8. The van der Waals surface area contributed by atoms with E-state index in [9.17, 15) is 14.4 Å². The summed E-state index contributed by atoms with van der Waals surface area (Å²) in [6, 6.07) is 0.930. The minimum Gasteiger partial charge on any atom is -0.467 e. The SMILES string of the molecule is COC(=O)[C@H](CCC(=O)NCCC#N)NC(=O)OC(C)(C)C. The Balaban J connectivity index is 4.42. The number of nitrogens with one attached hydrogen (secondary N) is 2. The lowest BCUT2D eigenvalue weighted by Gasteiger charge is -2.22. The quantitative estimate of drug-likeness (QED) is 0.532. The zero-order valence-corrected chi connectivity index (χ0v) is 13.4. The van der Waals surface area contributed by atoms with Crippen LogP contribution in [0.1, 0.15) is 40.0 Å². The topological polar surface area (TPSA) is 118 Å². The molecular formula is C14H23N3O5. The average molecular weight is 313 g/mol. The van der Waals surface area contributed by atoms with Crippen molar-refractivity contribution in [3.63, 3.8) is 0 Å². The number of rotatable bonds is 7. The number of alkyl carbamates (subject to hydrolysis) is 1. The number of esters is 1. The summed E-state index contributed by atoms with van der Waals surface area (Å²) < 4.78 is 9.64. The molecule has 2 amide bonds. The molecule has 0 aliphatic heterocycles. The number of methoxy groups -OCH3 is 1. The van der Waals surface area contributed by atoms with E-state index in [1.54, 1.807) is 20.8 Å². The van der Waals surface area contributed by atoms with E-state index >= 15 is 0 Å². The first kappa shape index (κ1) is 19.7. The van der Waals surface area contributed by atoms with Gasteiger partial charge in [0.25, 0.3) is 0 Å². The van der Waals surface area contributed by atoms with Gasteiger partial charge >= 0.3 is 12.1 Å². The monoisotopic (exact) mass is 313 g/mol. The first-order chi connectivity index (χ1) is 10.2. The maximum absolute atomic E-state index is 11.7. The fourth-order valence-corrected chi connectivity index (χ4v) is 1.46. The van der Waals surface area contributed by atoms with E-state index < -0.39 is 23.7 Å². The second-order valence-corrected chi connectivity index (χ2v) is 5.52. The average Bonchev–Trinajstić information content (AvgIpc) is 2.40. The molecular weight excluding hydrogens is 290 g/mol. The second kappa shape index (κ2) is 9.60. The van der Waals surface area contributed by atoms with Gasteiger partial charge in [-0.25, -0.2) is 9.59 Å². The highest BCUT2D eigenvalue weighted by molar-refractivity contribution is 5.82. The van der Waals surface area contributed by atoms with Crippen LogP contribution in [0.15, 0.2) is 0 Å². The molecule has 0 unspecified atom stereocenters. The van der Waals surface area contributed by atoms with Gasteiger partial charge in [-0.3, -0.25) is 4.79 Å². The van der Waals surface area contributed by atoms with Gasteiger partial charge in [-0.1, -0.05) is 0 Å². The van der Waals surface area contributed by atoms with Crippen LogP contribution in [-0.2, 0) is 19.1 Å². The Kier molecular flexibility index (Phi) is 8.60. The predicted molar refractivity (Wildman–Crippen MR) is 77.6 cm³/mol. The van der Waals surface area contributed by atoms with Crippen molar-refractivity contribution in [2.45, 2.75) is 51.7 Å². The fraction of sp³-hybridized carbons (Fsp3) is 0.714. The molecule has 0 aromatic rings. The number of carbonyl (C=O) groups is 3. The molecule has 0 radical (unpaired) electrons. The van der Waals surface area contributed by atoms with Crippen LogP contribution in [0.25, 0.3) is 0 Å². The number of carbonyl (C=O) groups excluding carboxylic acids is 3. The lowest BCUT2D eigenvalue weighted by atomic mass is 10.1. The van der Waals surface area contributed by atoms with Crippen LogP contribution in [0.5, 0.6) is 0 Å². The Morgan fingerprint density at radius 2 is 1.91 bits per heavy atom. The van der Waals surface area contributed by atoms with Crippen LogP contribution >= 0.6 is 0 Å². The molecule has 0 saturated heterocycles. The number of hydrogen-bond acceptors (Lipinski definition) is 6. The number of amides is 2. The van der Waals surface area contributed by atoms with Gasteiger partial charge in [-0.15, -0.1) is 0 Å². The minimum absolute atomic E-state index is 0.0149. The fourth-order valence-electron chi connectivity index (χ4n) is 1.46. The van der Waals surface area contributed by atoms with E-state index in [4.69, 9.17) is 10.00 Å².